The van der Waals surface area contributed by atoms with Gasteiger partial charge in [0.15, 0.2) is 0 Å². The lowest BCUT2D eigenvalue weighted by molar-refractivity contribution is 0.208. The second kappa shape index (κ2) is 12.0. The van der Waals surface area contributed by atoms with Crippen LogP contribution in [0.4, 0.5) is 4.79 Å². The van der Waals surface area contributed by atoms with Gasteiger partial charge in [0.25, 0.3) is 0 Å². The molecule has 3 rings (SSSR count). The number of rotatable bonds is 1. The zero-order valence-corrected chi connectivity index (χ0v) is 12.0. The van der Waals surface area contributed by atoms with Crippen LogP contribution in [-0.2, 0) is 4.57 Å². The lowest BCUT2D eigenvalue weighted by atomic mass is 10.8. The average Bonchev–Trinajstić information content (AvgIpc) is 3.23. The summed E-state index contributed by atoms with van der Waals surface area (Å²) >= 11 is 0. The van der Waals surface area contributed by atoms with E-state index >= 15 is 0 Å². The van der Waals surface area contributed by atoms with Gasteiger partial charge in [-0.3, -0.25) is 15.3 Å². The van der Waals surface area contributed by atoms with Crippen LogP contribution < -0.4 is 0 Å². The number of nitrogens with one attached hydrogen (secondary N) is 3. The SMILES string of the molecule is O=C(O)P(=O)(O)O.c1cn[nH]c1.c1cn[nH]c1.c1cn[nH]c1. The molecule has 0 fully saturated rings. The van der Waals surface area contributed by atoms with Crippen molar-refractivity contribution in [3.63, 3.8) is 0 Å². The van der Waals surface area contributed by atoms with Gasteiger partial charge in [0.05, 0.1) is 0 Å². The predicted molar refractivity (Wildman–Crippen MR) is 75.8 cm³/mol. The minimum atomic E-state index is -4.82. The molecule has 0 bridgehead atoms. The molecule has 3 heterocycles. The van der Waals surface area contributed by atoms with E-state index < -0.39 is 13.3 Å². The van der Waals surface area contributed by atoms with Crippen molar-refractivity contribution in [3.05, 3.63) is 55.4 Å². The lowest BCUT2D eigenvalue weighted by Gasteiger charge is -1.90. The summed E-state index contributed by atoms with van der Waals surface area (Å²) in [6.07, 6.45) is 10.4. The molecule has 0 aliphatic rings. The zero-order valence-electron chi connectivity index (χ0n) is 11.1. The van der Waals surface area contributed by atoms with Gasteiger partial charge in [-0.05, 0) is 18.2 Å². The van der Waals surface area contributed by atoms with Gasteiger partial charge in [0, 0.05) is 37.2 Å². The second-order valence-electron chi connectivity index (χ2n) is 3.13. The van der Waals surface area contributed by atoms with E-state index in [1.165, 1.54) is 0 Å². The van der Waals surface area contributed by atoms with Crippen LogP contribution >= 0.6 is 7.60 Å². The Morgan fingerprint density at radius 1 is 0.818 bits per heavy atom. The van der Waals surface area contributed by atoms with E-state index in [0.717, 1.165) is 0 Å². The summed E-state index contributed by atoms with van der Waals surface area (Å²) in [5.74, 6) is 0. The van der Waals surface area contributed by atoms with E-state index in [0.29, 0.717) is 0 Å². The number of aromatic nitrogens is 6. The number of hydrogen-bond acceptors (Lipinski definition) is 5. The van der Waals surface area contributed by atoms with Crippen LogP contribution in [0.1, 0.15) is 0 Å². The Balaban J connectivity index is 0.000000269. The van der Waals surface area contributed by atoms with E-state index in [1.807, 2.05) is 18.2 Å². The maximum absolute atomic E-state index is 9.43. The number of hydrogen-bond donors (Lipinski definition) is 6. The van der Waals surface area contributed by atoms with E-state index in [4.69, 9.17) is 14.9 Å². The quantitative estimate of drug-likeness (QED) is 0.358. The first kappa shape index (κ1) is 19.2. The van der Waals surface area contributed by atoms with E-state index in [-0.39, 0.29) is 0 Å². The molecule has 22 heavy (non-hydrogen) atoms. The minimum Gasteiger partial charge on any atom is -0.472 e. The smallest absolute Gasteiger partial charge is 0.433 e. The standard InChI is InChI=1S/3C3H4N2.CH3O5P/c3*1-2-4-5-3-1;2-1(3)7(4,5)6/h3*1-3H,(H,4,5);(H,2,3)(H2,4,5,6). The van der Waals surface area contributed by atoms with Crippen LogP contribution in [0.2, 0.25) is 0 Å². The third kappa shape index (κ3) is 13.7. The Morgan fingerprint density at radius 3 is 1.14 bits per heavy atom. The monoisotopic (exact) mass is 330 g/mol. The highest BCUT2D eigenvalue weighted by Gasteiger charge is 2.23. The van der Waals surface area contributed by atoms with Gasteiger partial charge in [-0.25, -0.2) is 9.36 Å². The van der Waals surface area contributed by atoms with Gasteiger partial charge in [-0.2, -0.15) is 15.3 Å². The summed E-state index contributed by atoms with van der Waals surface area (Å²) in [5.41, 5.74) is -2.09. The predicted octanol–water partition coefficient (Wildman–Crippen LogP) is 1.07. The Morgan fingerprint density at radius 2 is 1.09 bits per heavy atom. The molecular weight excluding hydrogens is 315 g/mol. The van der Waals surface area contributed by atoms with E-state index in [2.05, 4.69) is 30.6 Å². The molecular formula is C10H15N6O5P. The maximum Gasteiger partial charge on any atom is 0.433 e. The maximum atomic E-state index is 9.43. The molecule has 120 valence electrons. The highest BCUT2D eigenvalue weighted by Crippen LogP contribution is 2.34. The average molecular weight is 330 g/mol. The fourth-order valence-electron chi connectivity index (χ4n) is 0.645. The molecule has 0 aliphatic carbocycles. The zero-order chi connectivity index (χ0) is 16.7. The number of nitrogens with zero attached hydrogens (tertiary/aromatic N) is 3. The largest absolute Gasteiger partial charge is 0.472 e. The third-order valence-corrected chi connectivity index (χ3v) is 1.97. The molecule has 0 atom stereocenters. The fourth-order valence-corrected chi connectivity index (χ4v) is 0.645. The highest BCUT2D eigenvalue weighted by atomic mass is 31.2. The molecule has 3 aromatic rings. The van der Waals surface area contributed by atoms with E-state index in [9.17, 15) is 9.36 Å². The Hall–Kier alpha value is -2.75. The molecule has 11 nitrogen and oxygen atoms in total. The van der Waals surface area contributed by atoms with Gasteiger partial charge < -0.3 is 14.9 Å². The van der Waals surface area contributed by atoms with Gasteiger partial charge >= 0.3 is 13.3 Å². The Kier molecular flexibility index (Phi) is 10.5. The number of carboxylic acid groups (broad SMARTS) is 1. The number of carbonyl (C=O) groups is 1. The summed E-state index contributed by atoms with van der Waals surface area (Å²) in [6.45, 7) is 0. The minimum absolute atomic E-state index is 1.69. The van der Waals surface area contributed by atoms with Crippen LogP contribution in [0.5, 0.6) is 0 Å². The molecule has 0 amide bonds. The van der Waals surface area contributed by atoms with Crippen LogP contribution in [0.15, 0.2) is 55.4 Å². The summed E-state index contributed by atoms with van der Waals surface area (Å²) in [5, 5.41) is 26.1. The van der Waals surface area contributed by atoms with Gasteiger partial charge in [0.2, 0.25) is 0 Å². The molecule has 0 aliphatic heterocycles. The second-order valence-corrected chi connectivity index (χ2v) is 4.60. The van der Waals surface area contributed by atoms with Gasteiger partial charge in [0.1, 0.15) is 0 Å². The van der Waals surface area contributed by atoms with Crippen molar-refractivity contribution >= 4 is 13.3 Å². The summed E-state index contributed by atoms with van der Waals surface area (Å²) in [6, 6.07) is 5.50. The van der Waals surface area contributed by atoms with E-state index in [1.54, 1.807) is 37.2 Å². The van der Waals surface area contributed by atoms with Gasteiger partial charge in [-0.15, -0.1) is 0 Å². The third-order valence-electron chi connectivity index (χ3n) is 1.47. The first-order chi connectivity index (χ1) is 10.4. The first-order valence-electron chi connectivity index (χ1n) is 5.55. The molecule has 0 spiro atoms. The molecule has 0 saturated heterocycles. The van der Waals surface area contributed by atoms with Crippen LogP contribution in [0.25, 0.3) is 0 Å². The van der Waals surface area contributed by atoms with Crippen molar-refractivity contribution in [1.29, 1.82) is 0 Å². The highest BCUT2D eigenvalue weighted by molar-refractivity contribution is 7.69. The van der Waals surface area contributed by atoms with Crippen LogP contribution in [0, 0.1) is 0 Å². The van der Waals surface area contributed by atoms with Crippen molar-refractivity contribution in [1.82, 2.24) is 30.6 Å². The van der Waals surface area contributed by atoms with Crippen molar-refractivity contribution in [2.24, 2.45) is 0 Å². The summed E-state index contributed by atoms with van der Waals surface area (Å²) in [4.78, 5) is 24.5. The van der Waals surface area contributed by atoms with Crippen LogP contribution in [0.3, 0.4) is 0 Å². The van der Waals surface area contributed by atoms with Crippen molar-refractivity contribution < 1.29 is 24.3 Å². The Bertz CT molecular complexity index is 478. The molecule has 0 saturated carbocycles. The first-order valence-corrected chi connectivity index (χ1v) is 7.16. The Labute approximate surface area is 124 Å². The summed E-state index contributed by atoms with van der Waals surface area (Å²) < 4.78 is 9.43. The molecule has 12 heteroatoms. The van der Waals surface area contributed by atoms with Crippen LogP contribution in [-0.4, -0.2) is 51.2 Å². The molecule has 3 aromatic heterocycles. The topological polar surface area (TPSA) is 181 Å². The number of H-pyrrole nitrogens is 3. The normalized spacial score (nSPS) is 9.00. The summed E-state index contributed by atoms with van der Waals surface area (Å²) in [7, 11) is -4.82. The van der Waals surface area contributed by atoms with Gasteiger partial charge in [-0.1, -0.05) is 0 Å². The fraction of sp³-hybridized carbons (Fsp3) is 0. The molecule has 0 unspecified atom stereocenters. The van der Waals surface area contributed by atoms with Crippen molar-refractivity contribution in [2.75, 3.05) is 0 Å². The molecule has 0 radical (unpaired) electrons. The number of aromatic amines is 3. The molecule has 0 aromatic carbocycles. The van der Waals surface area contributed by atoms with Crippen molar-refractivity contribution in [3.8, 4) is 0 Å². The molecule has 6 N–H and O–H groups in total. The lowest BCUT2D eigenvalue weighted by Crippen LogP contribution is -1.90. The van der Waals surface area contributed by atoms with Crippen molar-refractivity contribution in [2.45, 2.75) is 0 Å².